The summed E-state index contributed by atoms with van der Waals surface area (Å²) in [5.41, 5.74) is 4.42. The Bertz CT molecular complexity index is 1730. The fourth-order valence-electron chi connectivity index (χ4n) is 7.04. The highest BCUT2D eigenvalue weighted by molar-refractivity contribution is 5.66. The topological polar surface area (TPSA) is 105 Å². The number of nitriles is 1. The van der Waals surface area contributed by atoms with Crippen molar-refractivity contribution in [2.45, 2.75) is 97.9 Å². The van der Waals surface area contributed by atoms with Crippen LogP contribution >= 0.6 is 0 Å². The van der Waals surface area contributed by atoms with E-state index >= 15 is 0 Å². The summed E-state index contributed by atoms with van der Waals surface area (Å²) in [6.07, 6.45) is -2.17. The summed E-state index contributed by atoms with van der Waals surface area (Å²) >= 11 is 0. The summed E-state index contributed by atoms with van der Waals surface area (Å²) in [6, 6.07) is 42.3. The first-order valence-electron chi connectivity index (χ1n) is 19.7. The molecule has 0 radical (unpaired) electrons. The van der Waals surface area contributed by atoms with Crippen LogP contribution in [0.2, 0.25) is 0 Å². The molecule has 10 atom stereocenters. The molecule has 0 saturated carbocycles. The Morgan fingerprint density at radius 2 is 0.929 bits per heavy atom. The number of hydrogen-bond acceptors (Lipinski definition) is 9. The van der Waals surface area contributed by atoms with Crippen LogP contribution in [0.3, 0.4) is 0 Å². The second-order valence-electron chi connectivity index (χ2n) is 14.8. The van der Waals surface area contributed by atoms with Gasteiger partial charge < -0.3 is 33.2 Å². The van der Waals surface area contributed by atoms with Crippen molar-refractivity contribution in [3.63, 3.8) is 0 Å². The number of carbonyl (C=O) groups excluding carboxylic acids is 1. The largest absolute Gasteiger partial charge is 0.433 e. The van der Waals surface area contributed by atoms with Crippen molar-refractivity contribution in [1.82, 2.24) is 0 Å². The van der Waals surface area contributed by atoms with Gasteiger partial charge in [-0.3, -0.25) is 4.79 Å². The Hall–Kier alpha value is -4.40. The van der Waals surface area contributed by atoms with Crippen molar-refractivity contribution >= 4 is 5.97 Å². The summed E-state index contributed by atoms with van der Waals surface area (Å²) in [7, 11) is 0. The Morgan fingerprint density at radius 1 is 0.554 bits per heavy atom. The smallest absolute Gasteiger partial charge is 0.305 e. The van der Waals surface area contributed by atoms with Gasteiger partial charge in [-0.05, 0) is 45.9 Å². The van der Waals surface area contributed by atoms with Gasteiger partial charge in [-0.25, -0.2) is 0 Å². The Morgan fingerprint density at radius 3 is 1.34 bits per heavy atom. The summed E-state index contributed by atoms with van der Waals surface area (Å²) < 4.78 is 41.6. The number of hydrogen-bond donors (Lipinski definition) is 0. The molecular formula is C47H57NO8. The highest BCUT2D eigenvalue weighted by atomic mass is 16.7. The zero-order valence-corrected chi connectivity index (χ0v) is 33.3. The molecule has 0 bridgehead atoms. The van der Waals surface area contributed by atoms with E-state index in [1.54, 1.807) is 0 Å². The lowest BCUT2D eigenvalue weighted by atomic mass is 9.81. The zero-order chi connectivity index (χ0) is 39.7. The van der Waals surface area contributed by atoms with Gasteiger partial charge in [0, 0.05) is 6.92 Å². The third-order valence-corrected chi connectivity index (χ3v) is 10.8. The van der Waals surface area contributed by atoms with Crippen LogP contribution in [0, 0.1) is 35.0 Å². The molecule has 0 aliphatic carbocycles. The highest BCUT2D eigenvalue weighted by Crippen LogP contribution is 2.35. The van der Waals surface area contributed by atoms with Gasteiger partial charge in [-0.15, -0.1) is 0 Å². The van der Waals surface area contributed by atoms with Gasteiger partial charge in [-0.1, -0.05) is 149 Å². The SMILES string of the molecule is CC(=O)OC1OC(COCc2ccccc2)C(C)C(C)C1OCc1ccccc1.CC1C(COCc2ccccc2)OC(C#N)C(OCc2ccccc2)C1C. The molecule has 2 aliphatic rings. The summed E-state index contributed by atoms with van der Waals surface area (Å²) in [6.45, 7) is 12.8. The third-order valence-electron chi connectivity index (χ3n) is 10.8. The van der Waals surface area contributed by atoms with E-state index in [4.69, 9.17) is 33.2 Å². The standard InChI is InChI=1S/C24H30O5.C23H27NO3/c1-17-18(2)23(27-15-21-12-8-5-9-13-21)24(28-19(3)25)29-22(17)16-26-14-20-10-6-4-7-11-20;1-17-18(2)23(26-15-20-11-7-4-8-12-20)21(13-24)27-22(17)16-25-14-19-9-5-3-6-10-19/h4-13,17-18,22-24H,14-16H2,1-3H3;3-12,17-18,21-23H,14-16H2,1-2H3. The maximum atomic E-state index is 11.6. The Kier molecular flexibility index (Phi) is 17.1. The van der Waals surface area contributed by atoms with E-state index in [0.717, 1.165) is 22.3 Å². The predicted molar refractivity (Wildman–Crippen MR) is 214 cm³/mol. The molecule has 2 fully saturated rings. The van der Waals surface area contributed by atoms with Crippen LogP contribution in [0.15, 0.2) is 121 Å². The minimum absolute atomic E-state index is 0.107. The van der Waals surface area contributed by atoms with Crippen LogP contribution in [0.25, 0.3) is 0 Å². The van der Waals surface area contributed by atoms with Crippen LogP contribution in [0.4, 0.5) is 0 Å². The lowest BCUT2D eigenvalue weighted by molar-refractivity contribution is -0.279. The van der Waals surface area contributed by atoms with Crippen LogP contribution in [0.5, 0.6) is 0 Å². The third kappa shape index (κ3) is 12.8. The number of ether oxygens (including phenoxy) is 7. The number of nitrogens with zero attached hydrogens (tertiary/aromatic N) is 1. The van der Waals surface area contributed by atoms with Gasteiger partial charge in [0.05, 0.1) is 57.9 Å². The lowest BCUT2D eigenvalue weighted by Gasteiger charge is -2.43. The number of esters is 1. The van der Waals surface area contributed by atoms with Crippen LogP contribution in [0.1, 0.15) is 56.9 Å². The molecule has 2 heterocycles. The maximum absolute atomic E-state index is 11.6. The van der Waals surface area contributed by atoms with Crippen molar-refractivity contribution in [2.75, 3.05) is 13.2 Å². The van der Waals surface area contributed by atoms with Crippen molar-refractivity contribution in [2.24, 2.45) is 23.7 Å². The molecule has 298 valence electrons. The van der Waals surface area contributed by atoms with E-state index in [1.807, 2.05) is 121 Å². The van der Waals surface area contributed by atoms with Crippen molar-refractivity contribution in [3.05, 3.63) is 144 Å². The van der Waals surface area contributed by atoms with Crippen LogP contribution < -0.4 is 0 Å². The second-order valence-corrected chi connectivity index (χ2v) is 14.8. The van der Waals surface area contributed by atoms with E-state index in [9.17, 15) is 10.1 Å². The second kappa shape index (κ2) is 22.4. The summed E-state index contributed by atoms with van der Waals surface area (Å²) in [5.74, 6) is 0.401. The molecule has 56 heavy (non-hydrogen) atoms. The van der Waals surface area contributed by atoms with E-state index in [-0.39, 0.29) is 54.1 Å². The first-order valence-corrected chi connectivity index (χ1v) is 19.7. The minimum Gasteiger partial charge on any atom is -0.433 e. The monoisotopic (exact) mass is 763 g/mol. The molecule has 9 nitrogen and oxygen atoms in total. The fourth-order valence-corrected chi connectivity index (χ4v) is 7.04. The van der Waals surface area contributed by atoms with Crippen molar-refractivity contribution < 1.29 is 38.0 Å². The van der Waals surface area contributed by atoms with Crippen LogP contribution in [-0.4, -0.2) is 56.0 Å². The summed E-state index contributed by atoms with van der Waals surface area (Å²) in [4.78, 5) is 11.6. The molecule has 2 saturated heterocycles. The predicted octanol–water partition coefficient (Wildman–Crippen LogP) is 8.70. The number of carbonyl (C=O) groups is 1. The fraction of sp³-hybridized carbons (Fsp3) is 0.447. The van der Waals surface area contributed by atoms with E-state index in [0.29, 0.717) is 39.6 Å². The molecule has 0 N–H and O–H groups in total. The molecule has 2 aliphatic heterocycles. The Balaban J connectivity index is 0.000000215. The van der Waals surface area contributed by atoms with E-state index < -0.39 is 12.4 Å². The normalized spacial score (nSPS) is 27.3. The van der Waals surface area contributed by atoms with Crippen molar-refractivity contribution in [1.29, 1.82) is 5.26 Å². The molecule has 9 heteroatoms. The number of benzene rings is 4. The average molecular weight is 764 g/mol. The van der Waals surface area contributed by atoms with Gasteiger partial charge in [0.25, 0.3) is 0 Å². The molecule has 0 aromatic heterocycles. The van der Waals surface area contributed by atoms with Crippen molar-refractivity contribution in [3.8, 4) is 6.07 Å². The quantitative estimate of drug-likeness (QED) is 0.110. The highest BCUT2D eigenvalue weighted by Gasteiger charge is 2.44. The lowest BCUT2D eigenvalue weighted by Crippen LogP contribution is -2.53. The maximum Gasteiger partial charge on any atom is 0.305 e. The van der Waals surface area contributed by atoms with Gasteiger partial charge >= 0.3 is 5.97 Å². The molecule has 0 spiro atoms. The van der Waals surface area contributed by atoms with Gasteiger partial charge in [0.2, 0.25) is 6.29 Å². The molecule has 10 unspecified atom stereocenters. The minimum atomic E-state index is -0.743. The molecular weight excluding hydrogens is 707 g/mol. The van der Waals surface area contributed by atoms with Gasteiger partial charge in [0.15, 0.2) is 6.10 Å². The Labute approximate surface area is 332 Å². The van der Waals surface area contributed by atoms with Gasteiger partial charge in [-0.2, -0.15) is 5.26 Å². The van der Waals surface area contributed by atoms with E-state index in [1.165, 1.54) is 6.92 Å². The summed E-state index contributed by atoms with van der Waals surface area (Å²) in [5, 5.41) is 9.59. The van der Waals surface area contributed by atoms with Gasteiger partial charge in [0.1, 0.15) is 12.2 Å². The molecule has 0 amide bonds. The number of rotatable bonds is 15. The zero-order valence-electron chi connectivity index (χ0n) is 33.3. The average Bonchev–Trinajstić information content (AvgIpc) is 3.22. The van der Waals surface area contributed by atoms with E-state index in [2.05, 4.69) is 33.8 Å². The first-order chi connectivity index (χ1) is 27.2. The molecule has 4 aromatic carbocycles. The van der Waals surface area contributed by atoms with Crippen LogP contribution in [-0.2, 0) is 64.4 Å². The first kappa shape index (κ1) is 42.7. The molecule has 6 rings (SSSR count). The molecule has 4 aromatic rings.